The first-order valence-corrected chi connectivity index (χ1v) is 12.4. The van der Waals surface area contributed by atoms with Crippen LogP contribution in [0.1, 0.15) is 38.4 Å². The average molecular weight is 525 g/mol. The summed E-state index contributed by atoms with van der Waals surface area (Å²) in [6, 6.07) is 10.3. The maximum atomic E-state index is 13.5. The number of rotatable bonds is 8. The lowest BCUT2D eigenvalue weighted by Gasteiger charge is -2.29. The van der Waals surface area contributed by atoms with Crippen LogP contribution in [-0.2, 0) is 41.7 Å². The lowest BCUT2D eigenvalue weighted by molar-refractivity contribution is -0.163. The molecule has 3 rings (SSSR count). The number of nitrogens with one attached hydrogen (secondary N) is 1. The van der Waals surface area contributed by atoms with Crippen LogP contribution in [0.3, 0.4) is 0 Å². The molecule has 1 heterocycles. The molecule has 202 valence electrons. The summed E-state index contributed by atoms with van der Waals surface area (Å²) < 4.78 is 10.7. The molecule has 4 atom stereocenters. The molecule has 1 fully saturated rings. The highest BCUT2D eigenvalue weighted by atomic mass is 16.5. The third-order valence-electron chi connectivity index (χ3n) is 6.54. The van der Waals surface area contributed by atoms with Gasteiger partial charge in [0.05, 0.1) is 36.6 Å². The molecular weight excluding hydrogens is 492 g/mol. The largest absolute Gasteiger partial charge is 0.506 e. The molecule has 10 nitrogen and oxygen atoms in total. The molecule has 0 saturated heterocycles. The van der Waals surface area contributed by atoms with Crippen LogP contribution < -0.4 is 10.1 Å². The zero-order chi connectivity index (χ0) is 28.0. The molecule has 2 aromatic rings. The van der Waals surface area contributed by atoms with Crippen molar-refractivity contribution >= 4 is 29.1 Å². The van der Waals surface area contributed by atoms with Crippen LogP contribution in [0, 0.1) is 17.8 Å². The first-order valence-electron chi connectivity index (χ1n) is 12.4. The van der Waals surface area contributed by atoms with Gasteiger partial charge in [-0.3, -0.25) is 24.0 Å². The van der Waals surface area contributed by atoms with Gasteiger partial charge < -0.3 is 19.9 Å². The monoisotopic (exact) mass is 524 g/mol. The molecule has 0 bridgehead atoms. The van der Waals surface area contributed by atoms with Crippen molar-refractivity contribution in [1.29, 1.82) is 0 Å². The molecule has 2 N–H and O–H groups in total. The normalized spacial score (nSPS) is 22.6. The minimum Gasteiger partial charge on any atom is -0.506 e. The predicted octanol–water partition coefficient (Wildman–Crippen LogP) is 2.00. The zero-order valence-corrected chi connectivity index (χ0v) is 21.8. The summed E-state index contributed by atoms with van der Waals surface area (Å²) in [5.41, 5.74) is 0.839. The third-order valence-corrected chi connectivity index (χ3v) is 6.54. The Morgan fingerprint density at radius 3 is 2.37 bits per heavy atom. The summed E-state index contributed by atoms with van der Waals surface area (Å²) in [6.45, 7) is 4.46. The second-order valence-electron chi connectivity index (χ2n) is 9.61. The van der Waals surface area contributed by atoms with Gasteiger partial charge in [0.2, 0.25) is 29.0 Å². The van der Waals surface area contributed by atoms with Crippen LogP contribution in [0.2, 0.25) is 0 Å². The van der Waals surface area contributed by atoms with Crippen LogP contribution in [0.5, 0.6) is 11.6 Å². The van der Waals surface area contributed by atoms with Crippen LogP contribution in [-0.4, -0.2) is 58.4 Å². The molecule has 1 aliphatic carbocycles. The molecule has 1 aromatic heterocycles. The van der Waals surface area contributed by atoms with Crippen molar-refractivity contribution in [2.45, 2.75) is 52.3 Å². The number of Topliss-reactive ketones (excluding diaryl/α,β-unsaturated/α-hetero) is 4. The number of nitrogens with zero attached hydrogens (tertiary/aromatic N) is 1. The number of methoxy groups -OCH3 is 1. The van der Waals surface area contributed by atoms with Gasteiger partial charge in [0.1, 0.15) is 11.9 Å². The predicted molar refractivity (Wildman–Crippen MR) is 135 cm³/mol. The van der Waals surface area contributed by atoms with E-state index in [1.165, 1.54) is 26.2 Å². The molecule has 38 heavy (non-hydrogen) atoms. The fourth-order valence-electron chi connectivity index (χ4n) is 4.26. The van der Waals surface area contributed by atoms with Gasteiger partial charge in [-0.05, 0) is 18.1 Å². The van der Waals surface area contributed by atoms with Crippen molar-refractivity contribution in [3.05, 3.63) is 53.7 Å². The summed E-state index contributed by atoms with van der Waals surface area (Å²) in [5.74, 6) is -6.97. The number of carbonyl (C=O) groups excluding carboxylic acids is 5. The number of ketones is 4. The van der Waals surface area contributed by atoms with E-state index in [-0.39, 0.29) is 30.3 Å². The highest BCUT2D eigenvalue weighted by Crippen LogP contribution is 2.28. The minimum atomic E-state index is -1.34. The number of aromatic hydroxyl groups is 1. The Kier molecular flexibility index (Phi) is 9.46. The van der Waals surface area contributed by atoms with Gasteiger partial charge in [-0.15, -0.1) is 0 Å². The standard InChI is InChI=1S/C28H32N2O8/c1-15(2)28(36)38-27-16(3)24(33)26(35)19(29-14-20-21(31)10-11-23(30-20)37-4)13-22(32)25(34)18(27)12-17-8-6-5-7-9-17/h5-11,15-16,18-19,27,29,31H,12-14H2,1-4H3/t16-,18+,19+,27-/m1/s1. The van der Waals surface area contributed by atoms with Crippen LogP contribution >= 0.6 is 0 Å². The summed E-state index contributed by atoms with van der Waals surface area (Å²) in [6.07, 6.45) is -1.83. The highest BCUT2D eigenvalue weighted by molar-refractivity contribution is 6.44. The number of carbonyl (C=O) groups is 5. The number of ether oxygens (including phenoxy) is 2. The molecule has 0 amide bonds. The minimum absolute atomic E-state index is 0.0486. The van der Waals surface area contributed by atoms with Gasteiger partial charge in [0.15, 0.2) is 0 Å². The summed E-state index contributed by atoms with van der Waals surface area (Å²) in [5, 5.41) is 12.9. The van der Waals surface area contributed by atoms with E-state index < -0.39 is 65.4 Å². The lowest BCUT2D eigenvalue weighted by Crippen LogP contribution is -2.46. The van der Waals surface area contributed by atoms with Crippen molar-refractivity contribution in [3.8, 4) is 11.6 Å². The highest BCUT2D eigenvalue weighted by Gasteiger charge is 2.46. The number of hydrogen-bond donors (Lipinski definition) is 2. The molecule has 0 spiro atoms. The third kappa shape index (κ3) is 6.69. The Morgan fingerprint density at radius 2 is 1.74 bits per heavy atom. The quantitative estimate of drug-likeness (QED) is 0.388. The summed E-state index contributed by atoms with van der Waals surface area (Å²) in [4.78, 5) is 69.9. The van der Waals surface area contributed by atoms with E-state index in [4.69, 9.17) is 9.47 Å². The Bertz CT molecular complexity index is 1210. The number of pyridine rings is 1. The molecular formula is C28H32N2O8. The first-order chi connectivity index (χ1) is 18.0. The van der Waals surface area contributed by atoms with E-state index >= 15 is 0 Å². The maximum Gasteiger partial charge on any atom is 0.308 e. The topological polar surface area (TPSA) is 149 Å². The molecule has 1 aliphatic rings. The Morgan fingerprint density at radius 1 is 1.05 bits per heavy atom. The fraction of sp³-hybridized carbons (Fsp3) is 0.429. The van der Waals surface area contributed by atoms with Crippen molar-refractivity contribution in [2.75, 3.05) is 7.11 Å². The summed E-state index contributed by atoms with van der Waals surface area (Å²) >= 11 is 0. The van der Waals surface area contributed by atoms with Gasteiger partial charge >= 0.3 is 5.97 Å². The van der Waals surface area contributed by atoms with E-state index in [9.17, 15) is 29.1 Å². The van der Waals surface area contributed by atoms with Gasteiger partial charge in [0, 0.05) is 19.0 Å². The van der Waals surface area contributed by atoms with Crippen molar-refractivity contribution in [1.82, 2.24) is 10.3 Å². The van der Waals surface area contributed by atoms with Crippen LogP contribution in [0.4, 0.5) is 0 Å². The number of aromatic nitrogens is 1. The number of esters is 1. The lowest BCUT2D eigenvalue weighted by atomic mass is 9.81. The molecule has 0 aliphatic heterocycles. The number of benzene rings is 1. The van der Waals surface area contributed by atoms with Crippen molar-refractivity contribution in [3.63, 3.8) is 0 Å². The van der Waals surface area contributed by atoms with Crippen LogP contribution in [0.25, 0.3) is 0 Å². The second kappa shape index (κ2) is 12.6. The fourth-order valence-corrected chi connectivity index (χ4v) is 4.26. The molecule has 0 unspecified atom stereocenters. The van der Waals surface area contributed by atoms with E-state index in [2.05, 4.69) is 10.3 Å². The SMILES string of the molecule is COc1ccc(O)c(CN[C@H]2CC(=O)C(=O)[C@H](Cc3ccccc3)[C@H](OC(=O)C(C)C)[C@H](C)C(=O)C2=O)n1. The zero-order valence-electron chi connectivity index (χ0n) is 21.8. The van der Waals surface area contributed by atoms with Crippen molar-refractivity contribution in [2.24, 2.45) is 17.8 Å². The Balaban J connectivity index is 1.95. The van der Waals surface area contributed by atoms with E-state index in [1.54, 1.807) is 44.2 Å². The molecule has 10 heteroatoms. The first kappa shape index (κ1) is 28.6. The average Bonchev–Trinajstić information content (AvgIpc) is 2.93. The van der Waals surface area contributed by atoms with E-state index in [0.29, 0.717) is 5.56 Å². The van der Waals surface area contributed by atoms with Gasteiger partial charge in [0.25, 0.3) is 0 Å². The Hall–Kier alpha value is -3.92. The van der Waals surface area contributed by atoms with Crippen molar-refractivity contribution < 1.29 is 38.6 Å². The van der Waals surface area contributed by atoms with Gasteiger partial charge in [-0.1, -0.05) is 51.1 Å². The van der Waals surface area contributed by atoms with E-state index in [1.807, 2.05) is 0 Å². The molecule has 0 radical (unpaired) electrons. The number of hydrogen-bond acceptors (Lipinski definition) is 10. The molecule has 1 aromatic carbocycles. The molecule has 1 saturated carbocycles. The summed E-state index contributed by atoms with van der Waals surface area (Å²) in [7, 11) is 1.40. The Labute approximate surface area is 220 Å². The smallest absolute Gasteiger partial charge is 0.308 e. The maximum absolute atomic E-state index is 13.5. The second-order valence-corrected chi connectivity index (χ2v) is 9.61. The van der Waals surface area contributed by atoms with Crippen LogP contribution in [0.15, 0.2) is 42.5 Å². The van der Waals surface area contributed by atoms with Gasteiger partial charge in [-0.2, -0.15) is 0 Å². The van der Waals surface area contributed by atoms with Gasteiger partial charge in [-0.25, -0.2) is 4.98 Å². The van der Waals surface area contributed by atoms with E-state index in [0.717, 1.165) is 0 Å².